The van der Waals surface area contributed by atoms with Gasteiger partial charge in [-0.25, -0.2) is 0 Å². The monoisotopic (exact) mass is 217 g/mol. The molecule has 1 aromatic rings. The molecule has 0 aliphatic carbocycles. The van der Waals surface area contributed by atoms with E-state index in [2.05, 4.69) is 9.73 Å². The van der Waals surface area contributed by atoms with Crippen molar-refractivity contribution in [2.75, 3.05) is 0 Å². The average molecular weight is 218 g/mol. The van der Waals surface area contributed by atoms with E-state index < -0.39 is 17.9 Å². The molecule has 2 N–H and O–H groups in total. The zero-order valence-electron chi connectivity index (χ0n) is 7.28. The molecule has 0 radical (unpaired) electrons. The number of rotatable bonds is 3. The van der Waals surface area contributed by atoms with E-state index >= 15 is 0 Å². The molecule has 0 aliphatic heterocycles. The van der Waals surface area contributed by atoms with Gasteiger partial charge >= 0.3 is 5.97 Å². The average Bonchev–Trinajstić information content (AvgIpc) is 2.51. The number of hydrogen-bond donors (Lipinski definition) is 2. The van der Waals surface area contributed by atoms with E-state index in [-0.39, 0.29) is 10.8 Å². The number of aliphatic carboxylic acids is 1. The molecule has 76 valence electrons. The Morgan fingerprint density at radius 3 is 2.71 bits per heavy atom. The minimum Gasteiger partial charge on any atom is -0.480 e. The van der Waals surface area contributed by atoms with E-state index in [4.69, 9.17) is 16.7 Å². The number of carboxylic acids is 1. The maximum atomic E-state index is 11.3. The van der Waals surface area contributed by atoms with E-state index in [0.29, 0.717) is 0 Å². The van der Waals surface area contributed by atoms with Crippen LogP contribution >= 0.6 is 11.6 Å². The summed E-state index contributed by atoms with van der Waals surface area (Å²) in [6, 6.07) is 0.403. The normalized spacial score (nSPS) is 12.1. The summed E-state index contributed by atoms with van der Waals surface area (Å²) in [5, 5.41) is 10.7. The van der Waals surface area contributed by atoms with Crippen molar-refractivity contribution < 1.29 is 19.1 Å². The predicted molar refractivity (Wildman–Crippen MR) is 48.3 cm³/mol. The van der Waals surface area contributed by atoms with Crippen LogP contribution in [0.25, 0.3) is 0 Å². The molecule has 1 heterocycles. The lowest BCUT2D eigenvalue weighted by molar-refractivity contribution is -0.138. The van der Waals surface area contributed by atoms with Gasteiger partial charge in [0.1, 0.15) is 6.04 Å². The summed E-state index contributed by atoms with van der Waals surface area (Å²) in [6.45, 7) is 1.36. The molecule has 14 heavy (non-hydrogen) atoms. The summed E-state index contributed by atoms with van der Waals surface area (Å²) in [5.41, 5.74) is 0.125. The van der Waals surface area contributed by atoms with Crippen molar-refractivity contribution >= 4 is 23.5 Å². The molecule has 0 fully saturated rings. The second-order valence-electron chi connectivity index (χ2n) is 2.64. The van der Waals surface area contributed by atoms with Crippen molar-refractivity contribution in [2.24, 2.45) is 0 Å². The number of nitrogens with one attached hydrogen (secondary N) is 1. The highest BCUT2D eigenvalue weighted by Gasteiger charge is 2.18. The molecule has 0 aliphatic rings. The molecule has 5 nitrogen and oxygen atoms in total. The van der Waals surface area contributed by atoms with Crippen LogP contribution in [-0.4, -0.2) is 23.0 Å². The third-order valence-corrected chi connectivity index (χ3v) is 1.87. The first kappa shape index (κ1) is 10.6. The summed E-state index contributed by atoms with van der Waals surface area (Å²) < 4.78 is 4.68. The Balaban J connectivity index is 2.69. The fraction of sp³-hybridized carbons (Fsp3) is 0.250. The molecule has 0 unspecified atom stereocenters. The second kappa shape index (κ2) is 4.15. The highest BCUT2D eigenvalue weighted by molar-refractivity contribution is 6.32. The smallest absolute Gasteiger partial charge is 0.325 e. The summed E-state index contributed by atoms with van der Waals surface area (Å²) in [5.74, 6) is -1.68. The van der Waals surface area contributed by atoms with Crippen LogP contribution < -0.4 is 5.32 Å². The minimum absolute atomic E-state index is 0.0555. The summed E-state index contributed by atoms with van der Waals surface area (Å²) >= 11 is 5.52. The molecule has 0 bridgehead atoms. The number of halogens is 1. The second-order valence-corrected chi connectivity index (χ2v) is 2.98. The lowest BCUT2D eigenvalue weighted by Gasteiger charge is -2.07. The van der Waals surface area contributed by atoms with E-state index in [1.165, 1.54) is 19.3 Å². The minimum atomic E-state index is -1.11. The summed E-state index contributed by atoms with van der Waals surface area (Å²) in [6.07, 6.45) is 1.25. The number of amides is 1. The van der Waals surface area contributed by atoms with Gasteiger partial charge in [-0.3, -0.25) is 9.59 Å². The van der Waals surface area contributed by atoms with Gasteiger partial charge in [0, 0.05) is 0 Å². The van der Waals surface area contributed by atoms with Crippen LogP contribution in [0.5, 0.6) is 0 Å². The van der Waals surface area contributed by atoms with Crippen molar-refractivity contribution in [3.05, 3.63) is 23.1 Å². The van der Waals surface area contributed by atoms with E-state index in [9.17, 15) is 9.59 Å². The molecule has 1 aromatic heterocycles. The van der Waals surface area contributed by atoms with Crippen molar-refractivity contribution in [3.63, 3.8) is 0 Å². The molecule has 1 atom stereocenters. The van der Waals surface area contributed by atoms with Crippen LogP contribution in [0.15, 0.2) is 16.7 Å². The third kappa shape index (κ3) is 2.26. The van der Waals surface area contributed by atoms with E-state index in [0.717, 1.165) is 0 Å². The van der Waals surface area contributed by atoms with Crippen LogP contribution in [0.2, 0.25) is 5.22 Å². The van der Waals surface area contributed by atoms with E-state index in [1.54, 1.807) is 0 Å². The molecule has 0 saturated carbocycles. The first-order chi connectivity index (χ1) is 6.52. The topological polar surface area (TPSA) is 79.5 Å². The van der Waals surface area contributed by atoms with Gasteiger partial charge in [0.2, 0.25) is 5.22 Å². The fourth-order valence-electron chi connectivity index (χ4n) is 0.792. The van der Waals surface area contributed by atoms with Gasteiger partial charge in [0.15, 0.2) is 0 Å². The Kier molecular flexibility index (Phi) is 3.14. The lowest BCUT2D eigenvalue weighted by Crippen LogP contribution is -2.38. The van der Waals surface area contributed by atoms with Gasteiger partial charge in [-0.15, -0.1) is 0 Å². The number of carboxylic acid groups (broad SMARTS) is 1. The maximum absolute atomic E-state index is 11.3. The Morgan fingerprint density at radius 2 is 2.29 bits per heavy atom. The maximum Gasteiger partial charge on any atom is 0.325 e. The van der Waals surface area contributed by atoms with Crippen molar-refractivity contribution in [1.82, 2.24) is 5.32 Å². The molecule has 1 rings (SSSR count). The van der Waals surface area contributed by atoms with Crippen LogP contribution in [0, 0.1) is 0 Å². The summed E-state index contributed by atoms with van der Waals surface area (Å²) in [7, 11) is 0. The zero-order valence-corrected chi connectivity index (χ0v) is 8.04. The van der Waals surface area contributed by atoms with Gasteiger partial charge in [-0.2, -0.15) is 0 Å². The predicted octanol–water partition coefficient (Wildman–Crippen LogP) is 1.14. The molecular weight excluding hydrogens is 210 g/mol. The van der Waals surface area contributed by atoms with Gasteiger partial charge in [-0.05, 0) is 24.6 Å². The Labute approximate surface area is 84.7 Å². The standard InChI is InChI=1S/C8H8ClNO4/c1-4(8(12)13)10-7(11)5-2-3-14-6(5)9/h2-4H,1H3,(H,10,11)(H,12,13)/t4-/m0/s1. The van der Waals surface area contributed by atoms with Crippen molar-refractivity contribution in [1.29, 1.82) is 0 Å². The van der Waals surface area contributed by atoms with Gasteiger partial charge < -0.3 is 14.8 Å². The zero-order chi connectivity index (χ0) is 10.7. The van der Waals surface area contributed by atoms with Crippen LogP contribution in [0.1, 0.15) is 17.3 Å². The van der Waals surface area contributed by atoms with Gasteiger partial charge in [0.05, 0.1) is 11.8 Å². The Hall–Kier alpha value is -1.49. The lowest BCUT2D eigenvalue weighted by atomic mass is 10.3. The molecule has 0 saturated heterocycles. The first-order valence-electron chi connectivity index (χ1n) is 3.79. The highest BCUT2D eigenvalue weighted by Crippen LogP contribution is 2.16. The fourth-order valence-corrected chi connectivity index (χ4v) is 0.992. The van der Waals surface area contributed by atoms with Crippen LogP contribution in [-0.2, 0) is 4.79 Å². The Morgan fingerprint density at radius 1 is 1.64 bits per heavy atom. The number of carbonyl (C=O) groups is 2. The Bertz CT molecular complexity index is 360. The molecule has 6 heteroatoms. The molecule has 0 aromatic carbocycles. The van der Waals surface area contributed by atoms with Gasteiger partial charge in [0.25, 0.3) is 5.91 Å². The van der Waals surface area contributed by atoms with Crippen LogP contribution in [0.3, 0.4) is 0 Å². The SMILES string of the molecule is C[C@H](NC(=O)c1ccoc1Cl)C(=O)O. The number of furan rings is 1. The van der Waals surface area contributed by atoms with Gasteiger partial charge in [-0.1, -0.05) is 0 Å². The van der Waals surface area contributed by atoms with E-state index in [1.807, 2.05) is 0 Å². The quantitative estimate of drug-likeness (QED) is 0.796. The number of hydrogen-bond acceptors (Lipinski definition) is 3. The molecule has 0 spiro atoms. The largest absolute Gasteiger partial charge is 0.480 e. The highest BCUT2D eigenvalue weighted by atomic mass is 35.5. The van der Waals surface area contributed by atoms with Crippen molar-refractivity contribution in [3.8, 4) is 0 Å². The summed E-state index contributed by atoms with van der Waals surface area (Å²) in [4.78, 5) is 21.7. The first-order valence-corrected chi connectivity index (χ1v) is 4.17. The van der Waals surface area contributed by atoms with Crippen molar-refractivity contribution in [2.45, 2.75) is 13.0 Å². The third-order valence-electron chi connectivity index (χ3n) is 1.58. The number of carbonyl (C=O) groups excluding carboxylic acids is 1. The molecular formula is C8H8ClNO4. The van der Waals surface area contributed by atoms with Crippen LogP contribution in [0.4, 0.5) is 0 Å². The molecule has 1 amide bonds.